The number of para-hydroxylation sites is 1. The Hall–Kier alpha value is -1.71. The van der Waals surface area contributed by atoms with Crippen molar-refractivity contribution in [2.75, 3.05) is 0 Å². The molecular weight excluding hydrogens is 302 g/mol. The molecule has 94 valence electrons. The lowest BCUT2D eigenvalue weighted by atomic mass is 10.0. The van der Waals surface area contributed by atoms with Gasteiger partial charge in [-0.05, 0) is 23.8 Å². The molecule has 0 aliphatic rings. The number of aliphatic hydroxyl groups excluding tert-OH is 1. The summed E-state index contributed by atoms with van der Waals surface area (Å²) in [5, 5.41) is 11.5. The number of pyridine rings is 1. The maximum atomic E-state index is 10.5. The number of aliphatic hydroxyl groups is 1. The third-order valence-electron chi connectivity index (χ3n) is 3.13. The van der Waals surface area contributed by atoms with Gasteiger partial charge in [0.25, 0.3) is 0 Å². The molecule has 0 saturated carbocycles. The molecule has 3 rings (SSSR count). The second kappa shape index (κ2) is 5.11. The third kappa shape index (κ3) is 2.39. The number of aromatic nitrogens is 1. The fourth-order valence-electron chi connectivity index (χ4n) is 2.11. The van der Waals surface area contributed by atoms with Gasteiger partial charge in [-0.2, -0.15) is 0 Å². The van der Waals surface area contributed by atoms with Crippen LogP contribution in [0.15, 0.2) is 65.3 Å². The van der Waals surface area contributed by atoms with E-state index in [-0.39, 0.29) is 0 Å². The minimum Gasteiger partial charge on any atom is -0.384 e. The zero-order valence-electron chi connectivity index (χ0n) is 10.1. The van der Waals surface area contributed by atoms with Crippen LogP contribution in [0.1, 0.15) is 17.2 Å². The van der Waals surface area contributed by atoms with Crippen LogP contribution in [0.5, 0.6) is 0 Å². The van der Waals surface area contributed by atoms with Crippen LogP contribution in [-0.2, 0) is 0 Å². The van der Waals surface area contributed by atoms with Crippen LogP contribution in [0.25, 0.3) is 10.9 Å². The van der Waals surface area contributed by atoms with Gasteiger partial charge in [0.05, 0.1) is 5.52 Å². The first-order valence-corrected chi connectivity index (χ1v) is 6.82. The van der Waals surface area contributed by atoms with Crippen LogP contribution in [-0.4, -0.2) is 10.1 Å². The number of hydrogen-bond acceptors (Lipinski definition) is 2. The smallest absolute Gasteiger partial charge is 0.107 e. The van der Waals surface area contributed by atoms with E-state index in [1.165, 1.54) is 0 Å². The van der Waals surface area contributed by atoms with Crippen LogP contribution in [0.2, 0.25) is 0 Å². The molecule has 19 heavy (non-hydrogen) atoms. The second-order valence-electron chi connectivity index (χ2n) is 4.39. The van der Waals surface area contributed by atoms with Gasteiger partial charge in [0.2, 0.25) is 0 Å². The van der Waals surface area contributed by atoms with Gasteiger partial charge in [-0.1, -0.05) is 52.3 Å². The predicted octanol–water partition coefficient (Wildman–Crippen LogP) is 4.08. The monoisotopic (exact) mass is 313 g/mol. The van der Waals surface area contributed by atoms with E-state index in [1.807, 2.05) is 54.6 Å². The Bertz CT molecular complexity index is 727. The van der Waals surface area contributed by atoms with Crippen LogP contribution in [0, 0.1) is 0 Å². The molecule has 1 unspecified atom stereocenters. The second-order valence-corrected chi connectivity index (χ2v) is 5.24. The molecule has 1 aromatic heterocycles. The molecule has 1 atom stereocenters. The zero-order chi connectivity index (χ0) is 13.2. The summed E-state index contributed by atoms with van der Waals surface area (Å²) >= 11 is 3.46. The maximum Gasteiger partial charge on any atom is 0.107 e. The lowest BCUT2D eigenvalue weighted by Crippen LogP contribution is -2.01. The van der Waals surface area contributed by atoms with E-state index in [0.29, 0.717) is 0 Å². The molecule has 0 fully saturated rings. The molecule has 3 aromatic rings. The molecule has 2 aromatic carbocycles. The van der Waals surface area contributed by atoms with Crippen molar-refractivity contribution in [1.29, 1.82) is 0 Å². The minimum atomic E-state index is -0.673. The van der Waals surface area contributed by atoms with E-state index in [1.54, 1.807) is 6.20 Å². The summed E-state index contributed by atoms with van der Waals surface area (Å²) < 4.78 is 0.899. The third-order valence-corrected chi connectivity index (χ3v) is 3.85. The van der Waals surface area contributed by atoms with Crippen molar-refractivity contribution in [3.63, 3.8) is 0 Å². The highest BCUT2D eigenvalue weighted by atomic mass is 79.9. The Morgan fingerprint density at radius 1 is 1.00 bits per heavy atom. The Labute approximate surface area is 119 Å². The number of benzene rings is 2. The summed E-state index contributed by atoms with van der Waals surface area (Å²) in [4.78, 5) is 4.38. The minimum absolute atomic E-state index is 0.673. The van der Waals surface area contributed by atoms with Gasteiger partial charge in [-0.3, -0.25) is 4.98 Å². The molecule has 0 saturated heterocycles. The van der Waals surface area contributed by atoms with Gasteiger partial charge in [-0.25, -0.2) is 0 Å². The standard InChI is InChI=1S/C16H12BrNO/c17-14-7-3-2-6-13(14)16(19)12-9-11-5-1-4-8-15(11)18-10-12/h1-10,16,19H. The Morgan fingerprint density at radius 3 is 2.58 bits per heavy atom. The van der Waals surface area contributed by atoms with Crippen molar-refractivity contribution in [2.45, 2.75) is 6.10 Å². The van der Waals surface area contributed by atoms with E-state index < -0.39 is 6.10 Å². The highest BCUT2D eigenvalue weighted by Gasteiger charge is 2.13. The number of hydrogen-bond donors (Lipinski definition) is 1. The Kier molecular flexibility index (Phi) is 3.32. The fourth-order valence-corrected chi connectivity index (χ4v) is 2.62. The Balaban J connectivity index is 2.07. The highest BCUT2D eigenvalue weighted by molar-refractivity contribution is 9.10. The average molecular weight is 314 g/mol. The van der Waals surface area contributed by atoms with Crippen molar-refractivity contribution in [2.24, 2.45) is 0 Å². The summed E-state index contributed by atoms with van der Waals surface area (Å²) in [6.45, 7) is 0. The summed E-state index contributed by atoms with van der Waals surface area (Å²) in [5.74, 6) is 0. The van der Waals surface area contributed by atoms with Gasteiger partial charge in [-0.15, -0.1) is 0 Å². The van der Waals surface area contributed by atoms with Crippen molar-refractivity contribution in [1.82, 2.24) is 4.98 Å². The summed E-state index contributed by atoms with van der Waals surface area (Å²) in [5.41, 5.74) is 2.58. The Morgan fingerprint density at radius 2 is 1.74 bits per heavy atom. The van der Waals surface area contributed by atoms with Crippen molar-refractivity contribution in [3.8, 4) is 0 Å². The molecule has 0 amide bonds. The molecule has 1 N–H and O–H groups in total. The molecular formula is C16H12BrNO. The molecule has 0 spiro atoms. The first kappa shape index (κ1) is 12.3. The largest absolute Gasteiger partial charge is 0.384 e. The number of halogens is 1. The molecule has 2 nitrogen and oxygen atoms in total. The van der Waals surface area contributed by atoms with E-state index in [2.05, 4.69) is 20.9 Å². The van der Waals surface area contributed by atoms with Gasteiger partial charge in [0.15, 0.2) is 0 Å². The van der Waals surface area contributed by atoms with E-state index in [4.69, 9.17) is 0 Å². The lowest BCUT2D eigenvalue weighted by Gasteiger charge is -2.13. The molecule has 0 aliphatic carbocycles. The SMILES string of the molecule is OC(c1cnc2ccccc2c1)c1ccccc1Br. The zero-order valence-corrected chi connectivity index (χ0v) is 11.7. The van der Waals surface area contributed by atoms with Gasteiger partial charge >= 0.3 is 0 Å². The van der Waals surface area contributed by atoms with Crippen LogP contribution in [0.4, 0.5) is 0 Å². The topological polar surface area (TPSA) is 33.1 Å². The van der Waals surface area contributed by atoms with Crippen LogP contribution >= 0.6 is 15.9 Å². The lowest BCUT2D eigenvalue weighted by molar-refractivity contribution is 0.219. The predicted molar refractivity (Wildman–Crippen MR) is 79.9 cm³/mol. The fraction of sp³-hybridized carbons (Fsp3) is 0.0625. The maximum absolute atomic E-state index is 10.5. The van der Waals surface area contributed by atoms with Crippen molar-refractivity contribution >= 4 is 26.8 Å². The van der Waals surface area contributed by atoms with Crippen LogP contribution in [0.3, 0.4) is 0 Å². The number of rotatable bonds is 2. The number of fused-ring (bicyclic) bond motifs is 1. The summed E-state index contributed by atoms with van der Waals surface area (Å²) in [6, 6.07) is 17.5. The molecule has 1 heterocycles. The molecule has 0 radical (unpaired) electrons. The van der Waals surface area contributed by atoms with Crippen molar-refractivity contribution in [3.05, 3.63) is 76.4 Å². The van der Waals surface area contributed by atoms with E-state index in [9.17, 15) is 5.11 Å². The molecule has 0 aliphatic heterocycles. The van der Waals surface area contributed by atoms with Gasteiger partial charge < -0.3 is 5.11 Å². The van der Waals surface area contributed by atoms with E-state index in [0.717, 1.165) is 26.5 Å². The normalized spacial score (nSPS) is 12.5. The number of nitrogens with zero attached hydrogens (tertiary/aromatic N) is 1. The van der Waals surface area contributed by atoms with Crippen LogP contribution < -0.4 is 0 Å². The quantitative estimate of drug-likeness (QED) is 0.773. The average Bonchev–Trinajstić information content (AvgIpc) is 2.46. The van der Waals surface area contributed by atoms with E-state index >= 15 is 0 Å². The summed E-state index contributed by atoms with van der Waals surface area (Å²) in [6.07, 6.45) is 1.06. The van der Waals surface area contributed by atoms with Gasteiger partial charge in [0.1, 0.15) is 6.10 Å². The molecule has 0 bridgehead atoms. The first-order chi connectivity index (χ1) is 9.25. The van der Waals surface area contributed by atoms with Crippen molar-refractivity contribution < 1.29 is 5.11 Å². The highest BCUT2D eigenvalue weighted by Crippen LogP contribution is 2.29. The molecule has 3 heteroatoms. The van der Waals surface area contributed by atoms with Gasteiger partial charge in [0, 0.05) is 21.6 Å². The summed E-state index contributed by atoms with van der Waals surface area (Å²) in [7, 11) is 0. The first-order valence-electron chi connectivity index (χ1n) is 6.03.